The van der Waals surface area contributed by atoms with E-state index >= 15 is 0 Å². The van der Waals surface area contributed by atoms with Crippen LogP contribution < -0.4 is 0 Å². The standard InChI is InChI=1S/C16H13N3O3S2/c1-9-10(2)24-16-14(9)15(17-8-18-16)23-7-13(20)11-3-5-12(6-4-11)19(21)22/h3-6,8H,7H2,1-2H3. The lowest BCUT2D eigenvalue weighted by Crippen LogP contribution is -2.03. The first-order valence-electron chi connectivity index (χ1n) is 7.08. The Morgan fingerprint density at radius 3 is 2.62 bits per heavy atom. The van der Waals surface area contributed by atoms with Crippen molar-refractivity contribution in [2.45, 2.75) is 18.9 Å². The van der Waals surface area contributed by atoms with Gasteiger partial charge in [-0.05, 0) is 31.5 Å². The molecule has 0 N–H and O–H groups in total. The van der Waals surface area contributed by atoms with Crippen molar-refractivity contribution in [3.05, 3.63) is 56.7 Å². The molecule has 0 fully saturated rings. The Bertz CT molecular complexity index is 936. The van der Waals surface area contributed by atoms with Crippen molar-refractivity contribution in [3.63, 3.8) is 0 Å². The van der Waals surface area contributed by atoms with E-state index in [9.17, 15) is 14.9 Å². The van der Waals surface area contributed by atoms with E-state index < -0.39 is 4.92 Å². The van der Waals surface area contributed by atoms with Crippen molar-refractivity contribution in [2.75, 3.05) is 5.75 Å². The van der Waals surface area contributed by atoms with E-state index in [1.165, 1.54) is 47.2 Å². The number of carbonyl (C=O) groups excluding carboxylic acids is 1. The molecule has 0 bridgehead atoms. The lowest BCUT2D eigenvalue weighted by molar-refractivity contribution is -0.384. The first-order valence-corrected chi connectivity index (χ1v) is 8.88. The molecule has 0 aliphatic carbocycles. The predicted octanol–water partition coefficient (Wildman–Crippen LogP) is 4.19. The smallest absolute Gasteiger partial charge is 0.269 e. The van der Waals surface area contributed by atoms with Gasteiger partial charge in [-0.1, -0.05) is 11.8 Å². The van der Waals surface area contributed by atoms with Gasteiger partial charge in [0.15, 0.2) is 5.78 Å². The molecule has 2 aromatic heterocycles. The molecule has 122 valence electrons. The second kappa shape index (κ2) is 6.66. The molecule has 0 aliphatic rings. The fourth-order valence-corrected chi connectivity index (χ4v) is 4.26. The number of benzene rings is 1. The highest BCUT2D eigenvalue weighted by Crippen LogP contribution is 2.34. The molecule has 0 amide bonds. The fraction of sp³-hybridized carbons (Fsp3) is 0.188. The summed E-state index contributed by atoms with van der Waals surface area (Å²) in [7, 11) is 0. The van der Waals surface area contributed by atoms with Crippen LogP contribution in [0.4, 0.5) is 5.69 Å². The monoisotopic (exact) mass is 359 g/mol. The molecule has 2 heterocycles. The highest BCUT2D eigenvalue weighted by molar-refractivity contribution is 8.00. The highest BCUT2D eigenvalue weighted by atomic mass is 32.2. The van der Waals surface area contributed by atoms with E-state index in [1.54, 1.807) is 11.3 Å². The van der Waals surface area contributed by atoms with Crippen molar-refractivity contribution >= 4 is 44.8 Å². The summed E-state index contributed by atoms with van der Waals surface area (Å²) in [4.78, 5) is 33.2. The van der Waals surface area contributed by atoms with Crippen LogP contribution in [-0.4, -0.2) is 26.4 Å². The van der Waals surface area contributed by atoms with E-state index in [4.69, 9.17) is 0 Å². The minimum absolute atomic E-state index is 0.0268. The average molecular weight is 359 g/mol. The van der Waals surface area contributed by atoms with E-state index in [2.05, 4.69) is 9.97 Å². The number of carbonyl (C=O) groups is 1. The van der Waals surface area contributed by atoms with Gasteiger partial charge in [0, 0.05) is 28.0 Å². The Kier molecular flexibility index (Phi) is 4.59. The molecule has 0 aliphatic heterocycles. The number of rotatable bonds is 5. The van der Waals surface area contributed by atoms with Crippen molar-refractivity contribution in [3.8, 4) is 0 Å². The number of hydrogen-bond acceptors (Lipinski definition) is 7. The normalized spacial score (nSPS) is 10.9. The SMILES string of the molecule is Cc1sc2ncnc(SCC(=O)c3ccc([N+](=O)[O-])cc3)c2c1C. The number of nitro groups is 1. The van der Waals surface area contributed by atoms with Crippen LogP contribution in [0, 0.1) is 24.0 Å². The van der Waals surface area contributed by atoms with Gasteiger partial charge in [-0.15, -0.1) is 11.3 Å². The minimum atomic E-state index is -0.484. The lowest BCUT2D eigenvalue weighted by Gasteiger charge is -2.03. The van der Waals surface area contributed by atoms with Crippen LogP contribution in [0.3, 0.4) is 0 Å². The van der Waals surface area contributed by atoms with Crippen LogP contribution in [0.2, 0.25) is 0 Å². The maximum atomic E-state index is 12.3. The fourth-order valence-electron chi connectivity index (χ4n) is 2.25. The second-order valence-corrected chi connectivity index (χ2v) is 7.33. The third kappa shape index (κ3) is 3.15. The zero-order valence-electron chi connectivity index (χ0n) is 13.0. The Morgan fingerprint density at radius 2 is 1.96 bits per heavy atom. The predicted molar refractivity (Wildman–Crippen MR) is 95.0 cm³/mol. The second-order valence-electron chi connectivity index (χ2n) is 5.16. The molecule has 8 heteroatoms. The van der Waals surface area contributed by atoms with E-state index in [0.29, 0.717) is 5.56 Å². The zero-order chi connectivity index (χ0) is 17.3. The van der Waals surface area contributed by atoms with Crippen LogP contribution in [0.25, 0.3) is 10.2 Å². The van der Waals surface area contributed by atoms with Gasteiger partial charge < -0.3 is 0 Å². The Balaban J connectivity index is 1.78. The van der Waals surface area contributed by atoms with Crippen LogP contribution in [0.15, 0.2) is 35.6 Å². The molecular formula is C16H13N3O3S2. The molecule has 0 spiro atoms. The molecule has 3 rings (SSSR count). The summed E-state index contributed by atoms with van der Waals surface area (Å²) >= 11 is 2.98. The van der Waals surface area contributed by atoms with Gasteiger partial charge in [0.05, 0.1) is 10.7 Å². The number of thiophene rings is 1. The first-order chi connectivity index (χ1) is 11.5. The number of nitro benzene ring substituents is 1. The van der Waals surface area contributed by atoms with Gasteiger partial charge in [0.1, 0.15) is 16.2 Å². The molecular weight excluding hydrogens is 346 g/mol. The molecule has 3 aromatic rings. The zero-order valence-corrected chi connectivity index (χ0v) is 14.6. The number of aryl methyl sites for hydroxylation is 2. The summed E-state index contributed by atoms with van der Waals surface area (Å²) in [6.07, 6.45) is 1.51. The third-order valence-corrected chi connectivity index (χ3v) is 5.78. The Labute approximate surface area is 146 Å². The third-order valence-electron chi connectivity index (χ3n) is 3.67. The van der Waals surface area contributed by atoms with Crippen LogP contribution in [0.5, 0.6) is 0 Å². The summed E-state index contributed by atoms with van der Waals surface area (Å²) in [6, 6.07) is 5.65. The first kappa shape index (κ1) is 16.5. The molecule has 0 radical (unpaired) electrons. The summed E-state index contributed by atoms with van der Waals surface area (Å²) in [5, 5.41) is 12.4. The number of aromatic nitrogens is 2. The highest BCUT2D eigenvalue weighted by Gasteiger charge is 2.15. The number of non-ortho nitro benzene ring substituents is 1. The maximum absolute atomic E-state index is 12.3. The van der Waals surface area contributed by atoms with Gasteiger partial charge in [-0.2, -0.15) is 0 Å². The molecule has 0 saturated heterocycles. The van der Waals surface area contributed by atoms with Crippen LogP contribution in [0.1, 0.15) is 20.8 Å². The molecule has 24 heavy (non-hydrogen) atoms. The number of nitrogens with zero attached hydrogens (tertiary/aromatic N) is 3. The molecule has 0 unspecified atom stereocenters. The topological polar surface area (TPSA) is 86.0 Å². The van der Waals surface area contributed by atoms with Crippen LogP contribution in [-0.2, 0) is 0 Å². The van der Waals surface area contributed by atoms with E-state index in [0.717, 1.165) is 20.8 Å². The molecule has 0 atom stereocenters. The summed E-state index contributed by atoms with van der Waals surface area (Å²) in [6.45, 7) is 4.07. The van der Waals surface area contributed by atoms with Gasteiger partial charge in [0.25, 0.3) is 5.69 Å². The van der Waals surface area contributed by atoms with Gasteiger partial charge in [0.2, 0.25) is 0 Å². The Hall–Kier alpha value is -2.32. The summed E-state index contributed by atoms with van der Waals surface area (Å²) in [5.74, 6) is 0.129. The maximum Gasteiger partial charge on any atom is 0.269 e. The van der Waals surface area contributed by atoms with Crippen molar-refractivity contribution < 1.29 is 9.72 Å². The van der Waals surface area contributed by atoms with Gasteiger partial charge >= 0.3 is 0 Å². The number of fused-ring (bicyclic) bond motifs is 1. The quantitative estimate of drug-likeness (QED) is 0.223. The van der Waals surface area contributed by atoms with Gasteiger partial charge in [-0.3, -0.25) is 14.9 Å². The van der Waals surface area contributed by atoms with E-state index in [1.807, 2.05) is 13.8 Å². The Morgan fingerprint density at radius 1 is 1.25 bits per heavy atom. The number of Topliss-reactive ketones (excluding diaryl/α,β-unsaturated/α-hetero) is 1. The van der Waals surface area contributed by atoms with Crippen molar-refractivity contribution in [1.29, 1.82) is 0 Å². The van der Waals surface area contributed by atoms with Crippen molar-refractivity contribution in [1.82, 2.24) is 9.97 Å². The molecule has 1 aromatic carbocycles. The minimum Gasteiger partial charge on any atom is -0.293 e. The lowest BCUT2D eigenvalue weighted by atomic mass is 10.1. The number of ketones is 1. The number of thioether (sulfide) groups is 1. The largest absolute Gasteiger partial charge is 0.293 e. The molecule has 6 nitrogen and oxygen atoms in total. The van der Waals surface area contributed by atoms with E-state index in [-0.39, 0.29) is 17.2 Å². The summed E-state index contributed by atoms with van der Waals surface area (Å²) in [5.41, 5.74) is 1.57. The van der Waals surface area contributed by atoms with Crippen LogP contribution >= 0.6 is 23.1 Å². The van der Waals surface area contributed by atoms with Crippen molar-refractivity contribution in [2.24, 2.45) is 0 Å². The summed E-state index contributed by atoms with van der Waals surface area (Å²) < 4.78 is 0. The van der Waals surface area contributed by atoms with Gasteiger partial charge in [-0.25, -0.2) is 9.97 Å². The number of hydrogen-bond donors (Lipinski definition) is 0. The molecule has 0 saturated carbocycles. The average Bonchev–Trinajstić information content (AvgIpc) is 2.88.